The highest BCUT2D eigenvalue weighted by Gasteiger charge is 2.47. The van der Waals surface area contributed by atoms with E-state index < -0.39 is 13.4 Å². The molecule has 1 aromatic carbocycles. The third kappa shape index (κ3) is 6.46. The number of para-hydroxylation sites is 1. The molecule has 0 aliphatic heterocycles. The van der Waals surface area contributed by atoms with Crippen LogP contribution >= 0.6 is 7.60 Å². The Morgan fingerprint density at radius 3 is 1.76 bits per heavy atom. The molecule has 7 atom stereocenters. The molecule has 1 N–H and O–H groups in total. The Balaban J connectivity index is 1.98. The minimum atomic E-state index is -3.94. The van der Waals surface area contributed by atoms with E-state index in [0.717, 1.165) is 38.5 Å². The number of aliphatic hydroxyl groups is 1. The van der Waals surface area contributed by atoms with Gasteiger partial charge in [0.2, 0.25) is 0 Å². The molecule has 2 fully saturated rings. The average Bonchev–Trinajstić information content (AvgIpc) is 2.78. The van der Waals surface area contributed by atoms with Gasteiger partial charge in [-0.3, -0.25) is 4.57 Å². The predicted molar refractivity (Wildman–Crippen MR) is 138 cm³/mol. The van der Waals surface area contributed by atoms with E-state index in [0.29, 0.717) is 46.8 Å². The quantitative estimate of drug-likeness (QED) is 0.354. The first kappa shape index (κ1) is 27.7. The molecular weight excluding hydrogens is 447 g/mol. The zero-order chi connectivity index (χ0) is 25.0. The van der Waals surface area contributed by atoms with Crippen molar-refractivity contribution in [3.63, 3.8) is 0 Å². The summed E-state index contributed by atoms with van der Waals surface area (Å²) in [6.45, 7) is 13.3. The largest absolute Gasteiger partial charge is 0.496 e. The molecule has 0 aromatic heterocycles. The number of hydrogen-bond donors (Lipinski definition) is 1. The van der Waals surface area contributed by atoms with E-state index in [1.807, 2.05) is 12.1 Å². The summed E-state index contributed by atoms with van der Waals surface area (Å²) >= 11 is 0. The van der Waals surface area contributed by atoms with Crippen molar-refractivity contribution in [2.45, 2.75) is 98.1 Å². The summed E-state index contributed by atoms with van der Waals surface area (Å²) in [6, 6.07) is 7.21. The van der Waals surface area contributed by atoms with Crippen molar-refractivity contribution in [3.8, 4) is 5.75 Å². The first-order valence-corrected chi connectivity index (χ1v) is 14.9. The van der Waals surface area contributed by atoms with Crippen LogP contribution in [0.3, 0.4) is 0 Å². The number of ether oxygens (including phenoxy) is 1. The van der Waals surface area contributed by atoms with Gasteiger partial charge in [0.1, 0.15) is 5.75 Å². The molecule has 0 amide bonds. The summed E-state index contributed by atoms with van der Waals surface area (Å²) in [5, 5.41) is 11.6. The Bertz CT molecular complexity index is 787. The predicted octanol–water partition coefficient (Wildman–Crippen LogP) is 7.83. The van der Waals surface area contributed by atoms with Crippen molar-refractivity contribution in [2.75, 3.05) is 7.11 Å². The van der Waals surface area contributed by atoms with Crippen LogP contribution in [0.5, 0.6) is 5.75 Å². The van der Waals surface area contributed by atoms with E-state index in [2.05, 4.69) is 41.5 Å². The Morgan fingerprint density at radius 2 is 1.32 bits per heavy atom. The Kier molecular flexibility index (Phi) is 9.71. The van der Waals surface area contributed by atoms with Gasteiger partial charge < -0.3 is 18.9 Å². The van der Waals surface area contributed by atoms with Crippen LogP contribution in [0.1, 0.15) is 91.5 Å². The van der Waals surface area contributed by atoms with E-state index in [9.17, 15) is 9.67 Å². The number of methoxy groups -OCH3 is 1. The highest BCUT2D eigenvalue weighted by molar-refractivity contribution is 7.54. The summed E-state index contributed by atoms with van der Waals surface area (Å²) in [7, 11) is -2.38. The molecular formula is C28H47O5P. The lowest BCUT2D eigenvalue weighted by Gasteiger charge is -2.42. The third-order valence-electron chi connectivity index (χ3n) is 8.20. The molecule has 1 aromatic rings. The maximum absolute atomic E-state index is 14.7. The molecule has 0 bridgehead atoms. The van der Waals surface area contributed by atoms with Crippen molar-refractivity contribution in [1.82, 2.24) is 0 Å². The monoisotopic (exact) mass is 494 g/mol. The molecule has 7 unspecified atom stereocenters. The smallest absolute Gasteiger partial charge is 0.364 e. The molecule has 0 radical (unpaired) electrons. The zero-order valence-electron chi connectivity index (χ0n) is 22.3. The Labute approximate surface area is 207 Å². The van der Waals surface area contributed by atoms with E-state index >= 15 is 0 Å². The molecule has 3 rings (SSSR count). The van der Waals surface area contributed by atoms with Gasteiger partial charge in [0.15, 0.2) is 5.85 Å². The average molecular weight is 495 g/mol. The number of aliphatic hydroxyl groups excluding tert-OH is 1. The topological polar surface area (TPSA) is 65.0 Å². The van der Waals surface area contributed by atoms with Gasteiger partial charge in [-0.05, 0) is 67.3 Å². The zero-order valence-corrected chi connectivity index (χ0v) is 23.2. The van der Waals surface area contributed by atoms with E-state index in [-0.39, 0.29) is 12.2 Å². The van der Waals surface area contributed by atoms with Gasteiger partial charge in [0.25, 0.3) is 0 Å². The fraction of sp³-hybridized carbons (Fsp3) is 0.786. The van der Waals surface area contributed by atoms with Crippen molar-refractivity contribution in [3.05, 3.63) is 29.8 Å². The molecule has 0 heterocycles. The minimum absolute atomic E-state index is 0.197. The van der Waals surface area contributed by atoms with Gasteiger partial charge in [-0.2, -0.15) is 0 Å². The normalized spacial score (nSPS) is 33.0. The van der Waals surface area contributed by atoms with Gasteiger partial charge in [0.05, 0.1) is 19.3 Å². The molecule has 194 valence electrons. The summed E-state index contributed by atoms with van der Waals surface area (Å²) < 4.78 is 33.3. The van der Waals surface area contributed by atoms with E-state index in [4.69, 9.17) is 13.8 Å². The maximum Gasteiger partial charge on any atom is 0.364 e. The minimum Gasteiger partial charge on any atom is -0.496 e. The SMILES string of the molecule is COc1ccccc1C(O)P(=O)(OC1CC(C)CCC1C(C)C)OC1CC(C)CCC1C(C)C. The van der Waals surface area contributed by atoms with Gasteiger partial charge in [-0.1, -0.05) is 72.6 Å². The highest BCUT2D eigenvalue weighted by atomic mass is 31.2. The Hall–Kier alpha value is -0.870. The van der Waals surface area contributed by atoms with Gasteiger partial charge in [-0.15, -0.1) is 0 Å². The van der Waals surface area contributed by atoms with Crippen molar-refractivity contribution >= 4 is 7.60 Å². The van der Waals surface area contributed by atoms with Crippen molar-refractivity contribution in [2.24, 2.45) is 35.5 Å². The Morgan fingerprint density at radius 1 is 0.853 bits per heavy atom. The van der Waals surface area contributed by atoms with Crippen LogP contribution in [0.2, 0.25) is 0 Å². The molecule has 5 nitrogen and oxygen atoms in total. The lowest BCUT2D eigenvalue weighted by molar-refractivity contribution is -0.0155. The molecule has 2 aliphatic carbocycles. The lowest BCUT2D eigenvalue weighted by atomic mass is 9.75. The summed E-state index contributed by atoms with van der Waals surface area (Å²) in [5.74, 6) is 1.51. The first-order chi connectivity index (χ1) is 16.1. The number of hydrogen-bond acceptors (Lipinski definition) is 5. The molecule has 34 heavy (non-hydrogen) atoms. The van der Waals surface area contributed by atoms with Crippen LogP contribution in [0.4, 0.5) is 0 Å². The second-order valence-electron chi connectivity index (χ2n) is 11.6. The van der Waals surface area contributed by atoms with E-state index in [1.54, 1.807) is 19.2 Å². The fourth-order valence-electron chi connectivity index (χ4n) is 6.04. The van der Waals surface area contributed by atoms with Crippen LogP contribution < -0.4 is 4.74 Å². The lowest BCUT2D eigenvalue weighted by Crippen LogP contribution is -2.37. The molecule has 0 saturated heterocycles. The van der Waals surface area contributed by atoms with Gasteiger partial charge in [-0.25, -0.2) is 0 Å². The van der Waals surface area contributed by atoms with Crippen LogP contribution in [-0.2, 0) is 13.6 Å². The maximum atomic E-state index is 14.7. The van der Waals surface area contributed by atoms with Gasteiger partial charge >= 0.3 is 7.60 Å². The highest BCUT2D eigenvalue weighted by Crippen LogP contribution is 2.65. The number of rotatable bonds is 9. The van der Waals surface area contributed by atoms with Crippen LogP contribution in [-0.4, -0.2) is 24.4 Å². The van der Waals surface area contributed by atoms with Crippen LogP contribution in [0, 0.1) is 35.5 Å². The second-order valence-corrected chi connectivity index (χ2v) is 13.6. The van der Waals surface area contributed by atoms with Crippen LogP contribution in [0.15, 0.2) is 24.3 Å². The summed E-state index contributed by atoms with van der Waals surface area (Å²) in [6.07, 6.45) is 5.67. The van der Waals surface area contributed by atoms with Crippen molar-refractivity contribution < 1.29 is 23.5 Å². The standard InChI is InChI=1S/C28H47O5P/c1-18(2)22-14-12-20(5)16-26(22)32-34(30,28(29)24-10-8-9-11-25(24)31-7)33-27-17-21(6)13-15-23(27)19(3)4/h8-11,18-23,26-29H,12-17H2,1-7H3. The molecule has 2 saturated carbocycles. The summed E-state index contributed by atoms with van der Waals surface area (Å²) in [5.41, 5.74) is 0.461. The second kappa shape index (κ2) is 11.9. The van der Waals surface area contributed by atoms with Crippen molar-refractivity contribution in [1.29, 1.82) is 0 Å². The van der Waals surface area contributed by atoms with E-state index in [1.165, 1.54) is 0 Å². The first-order valence-electron chi connectivity index (χ1n) is 13.3. The fourth-order valence-corrected chi connectivity index (χ4v) is 8.11. The van der Waals surface area contributed by atoms with Gasteiger partial charge in [0, 0.05) is 5.56 Å². The molecule has 0 spiro atoms. The summed E-state index contributed by atoms with van der Waals surface area (Å²) in [4.78, 5) is 0. The third-order valence-corrected chi connectivity index (χ3v) is 10.2. The molecule has 6 heteroatoms. The van der Waals surface area contributed by atoms with Crippen LogP contribution in [0.25, 0.3) is 0 Å². The molecule has 2 aliphatic rings. The number of benzene rings is 1.